The Kier molecular flexibility index (Phi) is 2.89. The van der Waals surface area contributed by atoms with Crippen molar-refractivity contribution in [3.05, 3.63) is 72.7 Å². The van der Waals surface area contributed by atoms with Crippen molar-refractivity contribution in [2.75, 3.05) is 0 Å². The maximum absolute atomic E-state index is 4.48. The number of nitrogens with zero attached hydrogens (tertiary/aromatic N) is 3. The van der Waals surface area contributed by atoms with Crippen molar-refractivity contribution in [1.82, 2.24) is 14.5 Å². The zero-order valence-electron chi connectivity index (χ0n) is 11.6. The minimum absolute atomic E-state index is 0.925. The number of benzene rings is 2. The molecule has 0 unspecified atom stereocenters. The molecular weight excluding hydrogens is 258 g/mol. The lowest BCUT2D eigenvalue weighted by Crippen LogP contribution is -2.00. The third-order valence-corrected chi connectivity index (χ3v) is 3.84. The number of imidazole rings is 1. The maximum atomic E-state index is 4.48. The number of pyridine rings is 1. The van der Waals surface area contributed by atoms with Crippen LogP contribution in [-0.4, -0.2) is 14.5 Å². The molecule has 3 heteroatoms. The Balaban J connectivity index is 1.77. The van der Waals surface area contributed by atoms with Crippen LogP contribution >= 0.6 is 0 Å². The molecule has 0 amide bonds. The van der Waals surface area contributed by atoms with Crippen LogP contribution in [0.25, 0.3) is 21.9 Å². The van der Waals surface area contributed by atoms with Crippen LogP contribution in [0.4, 0.5) is 0 Å². The Morgan fingerprint density at radius 2 is 1.62 bits per heavy atom. The average molecular weight is 273 g/mol. The highest BCUT2D eigenvalue weighted by Crippen LogP contribution is 2.22. The summed E-state index contributed by atoms with van der Waals surface area (Å²) < 4.78 is 2.23. The van der Waals surface area contributed by atoms with Gasteiger partial charge in [-0.2, -0.15) is 0 Å². The van der Waals surface area contributed by atoms with Gasteiger partial charge in [0.15, 0.2) is 0 Å². The summed E-state index contributed by atoms with van der Waals surface area (Å²) in [6.45, 7) is 0.925. The van der Waals surface area contributed by atoms with E-state index in [9.17, 15) is 0 Å². The Morgan fingerprint density at radius 1 is 0.810 bits per heavy atom. The topological polar surface area (TPSA) is 30.7 Å². The van der Waals surface area contributed by atoms with Crippen LogP contribution in [0.1, 0.15) is 5.56 Å². The molecule has 0 aliphatic carbocycles. The highest BCUT2D eigenvalue weighted by Gasteiger charge is 2.07. The van der Waals surface area contributed by atoms with Crippen molar-refractivity contribution >= 4 is 21.9 Å². The number of hydrogen-bond donors (Lipinski definition) is 0. The summed E-state index contributed by atoms with van der Waals surface area (Å²) in [6.07, 6.45) is 4.78. The molecule has 0 bridgehead atoms. The second-order valence-corrected chi connectivity index (χ2v) is 5.18. The molecule has 102 valence electrons. The summed E-state index contributed by atoms with van der Waals surface area (Å²) in [4.78, 5) is 8.95. The molecule has 0 spiro atoms. The van der Waals surface area contributed by atoms with E-state index in [1.54, 1.807) is 0 Å². The van der Waals surface area contributed by atoms with Gasteiger partial charge < -0.3 is 4.57 Å². The van der Waals surface area contributed by atoms with Gasteiger partial charge in [0, 0.05) is 11.9 Å². The summed E-state index contributed by atoms with van der Waals surface area (Å²) in [5, 5.41) is 1.17. The lowest BCUT2D eigenvalue weighted by molar-refractivity contribution is 0.717. The highest BCUT2D eigenvalue weighted by molar-refractivity contribution is 6.01. The minimum atomic E-state index is 0.925. The number of aromatic nitrogens is 3. The predicted molar refractivity (Wildman–Crippen MR) is 85.2 cm³/mol. The second-order valence-electron chi connectivity index (χ2n) is 5.18. The van der Waals surface area contributed by atoms with Crippen molar-refractivity contribution < 1.29 is 0 Å². The number of aryl methyl sites for hydroxylation is 2. The summed E-state index contributed by atoms with van der Waals surface area (Å²) in [5.41, 5.74) is 4.50. The zero-order valence-corrected chi connectivity index (χ0v) is 11.6. The molecule has 0 fully saturated rings. The average Bonchev–Trinajstić information content (AvgIpc) is 2.97. The summed E-state index contributed by atoms with van der Waals surface area (Å²) >= 11 is 0. The molecule has 0 atom stereocenters. The molecule has 0 aliphatic heterocycles. The van der Waals surface area contributed by atoms with Crippen molar-refractivity contribution in [2.45, 2.75) is 13.0 Å². The fourth-order valence-electron chi connectivity index (χ4n) is 2.77. The molecule has 3 nitrogen and oxygen atoms in total. The van der Waals surface area contributed by atoms with Crippen molar-refractivity contribution in [3.63, 3.8) is 0 Å². The molecular formula is C18H15N3. The van der Waals surface area contributed by atoms with Gasteiger partial charge in [0.05, 0.1) is 23.6 Å². The van der Waals surface area contributed by atoms with E-state index >= 15 is 0 Å². The first-order valence-corrected chi connectivity index (χ1v) is 7.14. The summed E-state index contributed by atoms with van der Waals surface area (Å²) in [7, 11) is 0. The first-order valence-electron chi connectivity index (χ1n) is 7.14. The molecule has 0 saturated carbocycles. The molecule has 0 aliphatic rings. The van der Waals surface area contributed by atoms with Crippen LogP contribution in [0.15, 0.2) is 67.1 Å². The van der Waals surface area contributed by atoms with Gasteiger partial charge in [-0.1, -0.05) is 48.5 Å². The molecule has 21 heavy (non-hydrogen) atoms. The lowest BCUT2D eigenvalue weighted by Gasteiger charge is -2.06. The van der Waals surface area contributed by atoms with E-state index in [4.69, 9.17) is 0 Å². The van der Waals surface area contributed by atoms with Crippen LogP contribution in [0.5, 0.6) is 0 Å². The van der Waals surface area contributed by atoms with Gasteiger partial charge in [-0.15, -0.1) is 0 Å². The number of fused-ring (bicyclic) bond motifs is 3. The normalized spacial score (nSPS) is 11.2. The van der Waals surface area contributed by atoms with Crippen LogP contribution in [0, 0.1) is 0 Å². The highest BCUT2D eigenvalue weighted by atomic mass is 15.0. The summed E-state index contributed by atoms with van der Waals surface area (Å²) in [5.74, 6) is 0. The molecule has 2 heterocycles. The molecule has 2 aromatic carbocycles. The van der Waals surface area contributed by atoms with E-state index in [1.807, 2.05) is 24.7 Å². The van der Waals surface area contributed by atoms with E-state index in [1.165, 1.54) is 16.5 Å². The Morgan fingerprint density at radius 3 is 2.52 bits per heavy atom. The first kappa shape index (κ1) is 12.1. The van der Waals surface area contributed by atoms with Gasteiger partial charge in [-0.05, 0) is 18.1 Å². The van der Waals surface area contributed by atoms with Crippen LogP contribution < -0.4 is 0 Å². The molecule has 0 saturated heterocycles. The van der Waals surface area contributed by atoms with Crippen molar-refractivity contribution in [1.29, 1.82) is 0 Å². The summed E-state index contributed by atoms with van der Waals surface area (Å²) in [6, 6.07) is 18.8. The van der Waals surface area contributed by atoms with Gasteiger partial charge in [-0.3, -0.25) is 4.98 Å². The number of hydrogen-bond acceptors (Lipinski definition) is 2. The molecule has 2 aromatic heterocycles. The van der Waals surface area contributed by atoms with Gasteiger partial charge >= 0.3 is 0 Å². The smallest absolute Gasteiger partial charge is 0.107 e. The quantitative estimate of drug-likeness (QED) is 0.568. The fraction of sp³-hybridized carbons (Fsp3) is 0.111. The largest absolute Gasteiger partial charge is 0.330 e. The third-order valence-electron chi connectivity index (χ3n) is 3.84. The van der Waals surface area contributed by atoms with E-state index in [-0.39, 0.29) is 0 Å². The van der Waals surface area contributed by atoms with Crippen LogP contribution in [-0.2, 0) is 13.0 Å². The predicted octanol–water partition coefficient (Wildman–Crippen LogP) is 3.83. The maximum Gasteiger partial charge on any atom is 0.107 e. The van der Waals surface area contributed by atoms with E-state index in [0.29, 0.717) is 0 Å². The monoisotopic (exact) mass is 273 g/mol. The first-order chi connectivity index (χ1) is 10.4. The van der Waals surface area contributed by atoms with Crippen molar-refractivity contribution in [3.8, 4) is 0 Å². The Hall–Kier alpha value is -2.68. The van der Waals surface area contributed by atoms with Crippen molar-refractivity contribution in [2.24, 2.45) is 0 Å². The molecule has 4 rings (SSSR count). The van der Waals surface area contributed by atoms with Gasteiger partial charge in [0.25, 0.3) is 0 Å². The van der Waals surface area contributed by atoms with Crippen LogP contribution in [0.3, 0.4) is 0 Å². The van der Waals surface area contributed by atoms with E-state index in [2.05, 4.69) is 57.0 Å². The lowest BCUT2D eigenvalue weighted by atomic mass is 10.1. The molecule has 4 aromatic rings. The SMILES string of the molecule is c1ccc(CCn2cnc3cnc4ccccc4c32)cc1. The Bertz CT molecular complexity index is 894. The second kappa shape index (κ2) is 5.02. The van der Waals surface area contributed by atoms with E-state index < -0.39 is 0 Å². The zero-order chi connectivity index (χ0) is 14.1. The minimum Gasteiger partial charge on any atom is -0.330 e. The van der Waals surface area contributed by atoms with Crippen LogP contribution in [0.2, 0.25) is 0 Å². The number of para-hydroxylation sites is 1. The number of rotatable bonds is 3. The fourth-order valence-corrected chi connectivity index (χ4v) is 2.77. The Labute approximate surface area is 122 Å². The van der Waals surface area contributed by atoms with Gasteiger partial charge in [-0.25, -0.2) is 4.98 Å². The standard InChI is InChI=1S/C18H15N3/c1-2-6-14(7-3-1)10-11-21-13-20-17-12-19-16-9-5-4-8-15(16)18(17)21/h1-9,12-13H,10-11H2. The van der Waals surface area contributed by atoms with E-state index in [0.717, 1.165) is 24.0 Å². The van der Waals surface area contributed by atoms with Gasteiger partial charge in [0.1, 0.15) is 5.52 Å². The molecule has 0 N–H and O–H groups in total. The van der Waals surface area contributed by atoms with Gasteiger partial charge in [0.2, 0.25) is 0 Å². The molecule has 0 radical (unpaired) electrons. The third kappa shape index (κ3) is 2.17.